The van der Waals surface area contributed by atoms with Gasteiger partial charge in [0.2, 0.25) is 17.7 Å². The highest BCUT2D eigenvalue weighted by Gasteiger charge is 2.49. The van der Waals surface area contributed by atoms with Crippen LogP contribution in [0.25, 0.3) is 0 Å². The van der Waals surface area contributed by atoms with Crippen LogP contribution in [0.5, 0.6) is 0 Å². The van der Waals surface area contributed by atoms with Crippen molar-refractivity contribution in [3.05, 3.63) is 0 Å². The molecule has 8 heteroatoms. The van der Waals surface area contributed by atoms with Gasteiger partial charge in [-0.2, -0.15) is 0 Å². The number of primary amides is 1. The third kappa shape index (κ3) is 3.76. The molecule has 156 valence electrons. The van der Waals surface area contributed by atoms with Gasteiger partial charge in [0, 0.05) is 38.5 Å². The molecule has 0 aromatic carbocycles. The number of rotatable bonds is 4. The van der Waals surface area contributed by atoms with Gasteiger partial charge in [0.1, 0.15) is 0 Å². The molecule has 0 aromatic heterocycles. The van der Waals surface area contributed by atoms with Crippen molar-refractivity contribution in [3.8, 4) is 0 Å². The highest BCUT2D eigenvalue weighted by Crippen LogP contribution is 2.41. The van der Waals surface area contributed by atoms with Gasteiger partial charge in [0.15, 0.2) is 0 Å². The van der Waals surface area contributed by atoms with E-state index in [4.69, 9.17) is 5.73 Å². The Kier molecular flexibility index (Phi) is 5.35. The molecule has 2 saturated carbocycles. The molecule has 3 amide bonds. The monoisotopic (exact) mass is 391 g/mol. The molecule has 2 heterocycles. The van der Waals surface area contributed by atoms with Gasteiger partial charge in [0.05, 0.1) is 18.6 Å². The van der Waals surface area contributed by atoms with E-state index in [9.17, 15) is 14.4 Å². The smallest absolute Gasteiger partial charge is 0.233 e. The van der Waals surface area contributed by atoms with Crippen molar-refractivity contribution in [2.24, 2.45) is 23.5 Å². The first-order valence-electron chi connectivity index (χ1n) is 10.7. The van der Waals surface area contributed by atoms with Gasteiger partial charge < -0.3 is 15.5 Å². The van der Waals surface area contributed by atoms with E-state index in [1.54, 1.807) is 6.92 Å². The maximum absolute atomic E-state index is 13.0. The summed E-state index contributed by atoms with van der Waals surface area (Å²) in [5, 5.41) is 1.91. The summed E-state index contributed by atoms with van der Waals surface area (Å²) in [6, 6.07) is 0.339. The molecule has 3 N–H and O–H groups in total. The largest absolute Gasteiger partial charge is 0.369 e. The molecule has 8 nitrogen and oxygen atoms in total. The summed E-state index contributed by atoms with van der Waals surface area (Å²) in [6.45, 7) is 6.27. The quantitative estimate of drug-likeness (QED) is 0.699. The Morgan fingerprint density at radius 1 is 1.04 bits per heavy atom. The molecule has 0 aromatic rings. The van der Waals surface area contributed by atoms with E-state index < -0.39 is 0 Å². The van der Waals surface area contributed by atoms with Crippen LogP contribution >= 0.6 is 0 Å². The molecule has 5 atom stereocenters. The normalized spacial score (nSPS) is 36.3. The lowest BCUT2D eigenvalue weighted by molar-refractivity contribution is -0.155. The number of hydrazine groups is 1. The molecular weight excluding hydrogens is 358 g/mol. The summed E-state index contributed by atoms with van der Waals surface area (Å²) in [5.41, 5.74) is 8.61. The molecule has 2 aliphatic heterocycles. The second kappa shape index (κ2) is 7.63. The molecule has 4 aliphatic rings. The zero-order chi connectivity index (χ0) is 20.0. The fraction of sp³-hybridized carbons (Fsp3) is 0.850. The molecule has 0 spiro atoms. The van der Waals surface area contributed by atoms with Crippen molar-refractivity contribution in [1.82, 2.24) is 20.2 Å². The number of hydrogen-bond acceptors (Lipinski definition) is 5. The van der Waals surface area contributed by atoms with E-state index in [0.29, 0.717) is 24.3 Å². The van der Waals surface area contributed by atoms with Crippen LogP contribution in [0, 0.1) is 17.8 Å². The SMILES string of the molecule is CC(=O)N1C(C)CN(C(=O)C2CC2)C2CC(C3CNN(CC(N)=O)C3)CCC21. The van der Waals surface area contributed by atoms with Gasteiger partial charge in [-0.1, -0.05) is 0 Å². The van der Waals surface area contributed by atoms with Gasteiger partial charge in [-0.3, -0.25) is 19.8 Å². The fourth-order valence-electron chi connectivity index (χ4n) is 5.73. The Balaban J connectivity index is 1.49. The second-order valence-electron chi connectivity index (χ2n) is 9.22. The molecule has 4 rings (SSSR count). The van der Waals surface area contributed by atoms with Crippen LogP contribution in [0.4, 0.5) is 0 Å². The summed E-state index contributed by atoms with van der Waals surface area (Å²) in [4.78, 5) is 40.7. The number of piperazine rings is 1. The van der Waals surface area contributed by atoms with Gasteiger partial charge >= 0.3 is 0 Å². The maximum atomic E-state index is 13.0. The number of carbonyl (C=O) groups is 3. The zero-order valence-electron chi connectivity index (χ0n) is 17.0. The van der Waals surface area contributed by atoms with Crippen molar-refractivity contribution in [1.29, 1.82) is 0 Å². The topological polar surface area (TPSA) is 99.0 Å². The summed E-state index contributed by atoms with van der Waals surface area (Å²) >= 11 is 0. The lowest BCUT2D eigenvalue weighted by Gasteiger charge is -2.54. The summed E-state index contributed by atoms with van der Waals surface area (Å²) in [6.07, 6.45) is 4.96. The van der Waals surface area contributed by atoms with Crippen LogP contribution < -0.4 is 11.2 Å². The van der Waals surface area contributed by atoms with Crippen molar-refractivity contribution >= 4 is 17.7 Å². The van der Waals surface area contributed by atoms with E-state index in [2.05, 4.69) is 17.2 Å². The molecule has 28 heavy (non-hydrogen) atoms. The Labute approximate surface area is 166 Å². The van der Waals surface area contributed by atoms with Gasteiger partial charge in [-0.25, -0.2) is 5.01 Å². The lowest BCUT2D eigenvalue weighted by Crippen LogP contribution is -2.67. The van der Waals surface area contributed by atoms with Crippen molar-refractivity contribution in [2.75, 3.05) is 26.2 Å². The lowest BCUT2D eigenvalue weighted by atomic mass is 9.73. The Morgan fingerprint density at radius 2 is 1.79 bits per heavy atom. The van der Waals surface area contributed by atoms with Gasteiger partial charge in [0.25, 0.3) is 0 Å². The average molecular weight is 392 g/mol. The average Bonchev–Trinajstić information content (AvgIpc) is 3.39. The third-order valence-electron chi connectivity index (χ3n) is 7.13. The molecule has 0 bridgehead atoms. The number of fused-ring (bicyclic) bond motifs is 1. The van der Waals surface area contributed by atoms with Crippen LogP contribution in [-0.4, -0.2) is 76.8 Å². The number of nitrogens with two attached hydrogens (primary N) is 1. The van der Waals surface area contributed by atoms with E-state index in [-0.39, 0.29) is 42.4 Å². The van der Waals surface area contributed by atoms with E-state index in [1.807, 2.05) is 9.91 Å². The first kappa shape index (κ1) is 19.6. The minimum Gasteiger partial charge on any atom is -0.369 e. The first-order valence-corrected chi connectivity index (χ1v) is 10.7. The number of nitrogens with one attached hydrogen (secondary N) is 1. The molecule has 2 aliphatic carbocycles. The number of carbonyl (C=O) groups excluding carboxylic acids is 3. The molecule has 5 unspecified atom stereocenters. The number of amides is 3. The predicted octanol–water partition coefficient (Wildman–Crippen LogP) is -0.0654. The second-order valence-corrected chi connectivity index (χ2v) is 9.22. The van der Waals surface area contributed by atoms with Crippen LogP contribution in [-0.2, 0) is 14.4 Å². The van der Waals surface area contributed by atoms with Crippen molar-refractivity contribution < 1.29 is 14.4 Å². The van der Waals surface area contributed by atoms with Crippen LogP contribution in [0.2, 0.25) is 0 Å². The Morgan fingerprint density at radius 3 is 2.43 bits per heavy atom. The van der Waals surface area contributed by atoms with Crippen molar-refractivity contribution in [3.63, 3.8) is 0 Å². The van der Waals surface area contributed by atoms with E-state index >= 15 is 0 Å². The summed E-state index contributed by atoms with van der Waals surface area (Å²) in [5.74, 6) is 1.24. The molecular formula is C20H33N5O3. The minimum atomic E-state index is -0.323. The predicted molar refractivity (Wildman–Crippen MR) is 104 cm³/mol. The van der Waals surface area contributed by atoms with E-state index in [1.165, 1.54) is 0 Å². The highest BCUT2D eigenvalue weighted by atomic mass is 16.2. The Bertz CT molecular complexity index is 652. The summed E-state index contributed by atoms with van der Waals surface area (Å²) < 4.78 is 0. The maximum Gasteiger partial charge on any atom is 0.233 e. The number of nitrogens with zero attached hydrogens (tertiary/aromatic N) is 3. The number of hydrogen-bond donors (Lipinski definition) is 2. The van der Waals surface area contributed by atoms with Gasteiger partial charge in [-0.15, -0.1) is 0 Å². The first-order chi connectivity index (χ1) is 13.3. The third-order valence-corrected chi connectivity index (χ3v) is 7.13. The highest BCUT2D eigenvalue weighted by molar-refractivity contribution is 5.82. The molecule has 0 radical (unpaired) electrons. The Hall–Kier alpha value is -1.67. The van der Waals surface area contributed by atoms with Crippen molar-refractivity contribution in [2.45, 2.75) is 64.1 Å². The van der Waals surface area contributed by atoms with Crippen LogP contribution in [0.3, 0.4) is 0 Å². The van der Waals surface area contributed by atoms with Crippen LogP contribution in [0.15, 0.2) is 0 Å². The zero-order valence-corrected chi connectivity index (χ0v) is 17.0. The molecule has 4 fully saturated rings. The van der Waals surface area contributed by atoms with E-state index in [0.717, 1.165) is 45.2 Å². The van der Waals surface area contributed by atoms with Crippen LogP contribution in [0.1, 0.15) is 46.0 Å². The fourth-order valence-corrected chi connectivity index (χ4v) is 5.73. The minimum absolute atomic E-state index is 0.0807. The summed E-state index contributed by atoms with van der Waals surface area (Å²) in [7, 11) is 0. The molecule has 2 saturated heterocycles. The standard InChI is InChI=1S/C20H33N5O3/c1-12-9-24(20(28)14-3-4-14)18-7-15(5-6-17(18)25(12)13(2)26)16-8-22-23(10-16)11-19(21)27/h12,14-18,22H,3-11H2,1-2H3,(H2,21,27). The van der Waals surface area contributed by atoms with Gasteiger partial charge in [-0.05, 0) is 50.9 Å².